The van der Waals surface area contributed by atoms with E-state index in [-0.39, 0.29) is 25.7 Å². The first kappa shape index (κ1) is 24.4. The first-order valence-electron chi connectivity index (χ1n) is 6.11. The van der Waals surface area contributed by atoms with Crippen LogP contribution in [0.1, 0.15) is 45.4 Å². The van der Waals surface area contributed by atoms with E-state index in [0.717, 1.165) is 6.42 Å². The second-order valence-electron chi connectivity index (χ2n) is 3.72. The molecule has 0 rings (SSSR count). The Hall–Kier alpha value is -2.65. The average molecular weight is 324 g/mol. The van der Waals surface area contributed by atoms with Crippen molar-refractivity contribution in [1.29, 1.82) is 0 Å². The summed E-state index contributed by atoms with van der Waals surface area (Å²) in [5.41, 5.74) is 0. The molecule has 5 N–H and O–H groups in total. The van der Waals surface area contributed by atoms with Crippen molar-refractivity contribution in [3.63, 3.8) is 0 Å². The number of carboxylic acids is 5. The van der Waals surface area contributed by atoms with Crippen molar-refractivity contribution in [2.24, 2.45) is 0 Å². The minimum atomic E-state index is -1.08. The van der Waals surface area contributed by atoms with Crippen LogP contribution in [0, 0.1) is 0 Å². The molecule has 0 saturated carbocycles. The first-order valence-corrected chi connectivity index (χ1v) is 6.11. The third-order valence-electron chi connectivity index (χ3n) is 1.57. The van der Waals surface area contributed by atoms with E-state index in [9.17, 15) is 24.0 Å². The number of rotatable bonds is 8. The van der Waals surface area contributed by atoms with Crippen LogP contribution in [0.15, 0.2) is 0 Å². The molecule has 128 valence electrons. The molecule has 0 amide bonds. The van der Waals surface area contributed by atoms with Crippen molar-refractivity contribution < 1.29 is 49.5 Å². The third kappa shape index (κ3) is 43.3. The summed E-state index contributed by atoms with van der Waals surface area (Å²) >= 11 is 0. The van der Waals surface area contributed by atoms with Crippen LogP contribution in [0.3, 0.4) is 0 Å². The zero-order valence-corrected chi connectivity index (χ0v) is 12.0. The molecule has 0 aromatic rings. The Balaban J connectivity index is -0.000000249. The summed E-state index contributed by atoms with van der Waals surface area (Å²) in [7, 11) is 0. The van der Waals surface area contributed by atoms with Gasteiger partial charge in [-0.25, -0.2) is 0 Å². The van der Waals surface area contributed by atoms with Gasteiger partial charge in [0.2, 0.25) is 0 Å². The molecule has 0 aliphatic carbocycles. The normalized spacial score (nSPS) is 8.41. The van der Waals surface area contributed by atoms with Gasteiger partial charge >= 0.3 is 29.8 Å². The van der Waals surface area contributed by atoms with E-state index in [2.05, 4.69) is 0 Å². The zero-order chi connectivity index (χ0) is 18.1. The summed E-state index contributed by atoms with van der Waals surface area (Å²) in [5, 5.41) is 39.5. The van der Waals surface area contributed by atoms with Gasteiger partial charge in [0.25, 0.3) is 0 Å². The van der Waals surface area contributed by atoms with Crippen LogP contribution in [-0.4, -0.2) is 55.4 Å². The van der Waals surface area contributed by atoms with Crippen LogP contribution >= 0.6 is 0 Å². The number of carboxylic acid groups (broad SMARTS) is 5. The summed E-state index contributed by atoms with van der Waals surface area (Å²) in [6.07, 6.45) is -0.162. The Morgan fingerprint density at radius 1 is 0.500 bits per heavy atom. The van der Waals surface area contributed by atoms with Crippen LogP contribution in [0.5, 0.6) is 0 Å². The predicted octanol–water partition coefficient (Wildman–Crippen LogP) is 0.743. The molecule has 0 atom stereocenters. The molecular weight excluding hydrogens is 304 g/mol. The van der Waals surface area contributed by atoms with Crippen molar-refractivity contribution in [2.75, 3.05) is 0 Å². The van der Waals surface area contributed by atoms with E-state index in [0.29, 0.717) is 6.42 Å². The predicted molar refractivity (Wildman–Crippen MR) is 71.6 cm³/mol. The van der Waals surface area contributed by atoms with E-state index < -0.39 is 29.8 Å². The topological polar surface area (TPSA) is 186 Å². The molecule has 10 nitrogen and oxygen atoms in total. The number of hydrogen-bond acceptors (Lipinski definition) is 5. The molecule has 0 aromatic heterocycles. The largest absolute Gasteiger partial charge is 0.481 e. The average Bonchev–Trinajstić information content (AvgIpc) is 2.35. The monoisotopic (exact) mass is 324 g/mol. The minimum absolute atomic E-state index is 0.292. The van der Waals surface area contributed by atoms with Crippen molar-refractivity contribution in [3.8, 4) is 0 Å². The second kappa shape index (κ2) is 16.4. The van der Waals surface area contributed by atoms with Crippen molar-refractivity contribution in [1.82, 2.24) is 0 Å². The molecule has 0 radical (unpaired) electrons. The van der Waals surface area contributed by atoms with Gasteiger partial charge in [-0.3, -0.25) is 24.0 Å². The van der Waals surface area contributed by atoms with E-state index in [1.807, 2.05) is 6.92 Å². The summed E-state index contributed by atoms with van der Waals surface area (Å²) in [5.74, 6) is -5.02. The molecule has 0 aromatic carbocycles. The molecule has 0 saturated heterocycles. The van der Waals surface area contributed by atoms with Gasteiger partial charge in [-0.1, -0.05) is 6.92 Å². The number of carbonyl (C=O) groups is 5. The van der Waals surface area contributed by atoms with Crippen LogP contribution in [0.25, 0.3) is 0 Å². The van der Waals surface area contributed by atoms with Crippen LogP contribution < -0.4 is 0 Å². The maximum absolute atomic E-state index is 9.64. The fourth-order valence-corrected chi connectivity index (χ4v) is 0.642. The van der Waals surface area contributed by atoms with Gasteiger partial charge in [-0.15, -0.1) is 0 Å². The standard InChI is InChI=1S/2C4H6O4.C4H8O2/c2*5-3(6)1-2-4(7)8;1-2-3-4(5)6/h2*1-2H2,(H,5,6)(H,7,8);2-3H2,1H3,(H,5,6). The minimum Gasteiger partial charge on any atom is -0.481 e. The van der Waals surface area contributed by atoms with Crippen molar-refractivity contribution >= 4 is 29.8 Å². The fourth-order valence-electron chi connectivity index (χ4n) is 0.642. The third-order valence-corrected chi connectivity index (χ3v) is 1.57. The molecule has 0 unspecified atom stereocenters. The molecular formula is C12H20O10. The first-order chi connectivity index (χ1) is 10.0. The van der Waals surface area contributed by atoms with Gasteiger partial charge in [0, 0.05) is 6.42 Å². The van der Waals surface area contributed by atoms with Crippen LogP contribution in [-0.2, 0) is 24.0 Å². The highest BCUT2D eigenvalue weighted by Gasteiger charge is 2.01. The lowest BCUT2D eigenvalue weighted by molar-refractivity contribution is -0.143. The summed E-state index contributed by atoms with van der Waals surface area (Å²) in [6.45, 7) is 1.84. The fraction of sp³-hybridized carbons (Fsp3) is 0.583. The van der Waals surface area contributed by atoms with Crippen LogP contribution in [0.2, 0.25) is 0 Å². The van der Waals surface area contributed by atoms with E-state index in [4.69, 9.17) is 25.5 Å². The molecule has 0 bridgehead atoms. The quantitative estimate of drug-likeness (QED) is 0.426. The Morgan fingerprint density at radius 2 is 0.682 bits per heavy atom. The molecule has 10 heteroatoms. The van der Waals surface area contributed by atoms with Gasteiger partial charge in [-0.05, 0) is 6.42 Å². The summed E-state index contributed by atoms with van der Waals surface area (Å²) < 4.78 is 0. The smallest absolute Gasteiger partial charge is 0.303 e. The zero-order valence-electron chi connectivity index (χ0n) is 12.0. The van der Waals surface area contributed by atoms with E-state index in [1.54, 1.807) is 0 Å². The SMILES string of the molecule is CCCC(=O)O.O=C(O)CCC(=O)O.O=C(O)CCC(=O)O. The Kier molecular flexibility index (Phi) is 18.2. The van der Waals surface area contributed by atoms with Gasteiger partial charge in [0.15, 0.2) is 0 Å². The highest BCUT2D eigenvalue weighted by atomic mass is 16.4. The Morgan fingerprint density at radius 3 is 0.727 bits per heavy atom. The number of aliphatic carboxylic acids is 5. The highest BCUT2D eigenvalue weighted by Crippen LogP contribution is 1.86. The lowest BCUT2D eigenvalue weighted by Crippen LogP contribution is -2.00. The van der Waals surface area contributed by atoms with Gasteiger partial charge in [0.1, 0.15) is 0 Å². The molecule has 0 spiro atoms. The van der Waals surface area contributed by atoms with Gasteiger partial charge in [-0.2, -0.15) is 0 Å². The molecule has 0 aliphatic heterocycles. The summed E-state index contributed by atoms with van der Waals surface area (Å²) in [4.78, 5) is 48.2. The van der Waals surface area contributed by atoms with Crippen molar-refractivity contribution in [3.05, 3.63) is 0 Å². The van der Waals surface area contributed by atoms with Gasteiger partial charge < -0.3 is 25.5 Å². The highest BCUT2D eigenvalue weighted by molar-refractivity contribution is 5.75. The Bertz CT molecular complexity index is 318. The van der Waals surface area contributed by atoms with Crippen molar-refractivity contribution in [2.45, 2.75) is 45.4 Å². The van der Waals surface area contributed by atoms with E-state index >= 15 is 0 Å². The molecule has 0 fully saturated rings. The summed E-state index contributed by atoms with van der Waals surface area (Å²) in [6, 6.07) is 0. The molecule has 0 aliphatic rings. The Labute approximate surface area is 126 Å². The number of hydrogen-bond donors (Lipinski definition) is 5. The second-order valence-corrected chi connectivity index (χ2v) is 3.72. The van der Waals surface area contributed by atoms with Gasteiger partial charge in [0.05, 0.1) is 25.7 Å². The van der Waals surface area contributed by atoms with E-state index in [1.165, 1.54) is 0 Å². The maximum atomic E-state index is 9.64. The maximum Gasteiger partial charge on any atom is 0.303 e. The lowest BCUT2D eigenvalue weighted by Gasteiger charge is -1.85. The lowest BCUT2D eigenvalue weighted by atomic mass is 10.3. The van der Waals surface area contributed by atoms with Crippen LogP contribution in [0.4, 0.5) is 0 Å². The molecule has 22 heavy (non-hydrogen) atoms. The molecule has 0 heterocycles.